The van der Waals surface area contributed by atoms with Gasteiger partial charge in [-0.2, -0.15) is 4.31 Å². The molecule has 180 valence electrons. The topological polar surface area (TPSA) is 70.1 Å². The first-order valence-electron chi connectivity index (χ1n) is 11.1. The van der Waals surface area contributed by atoms with E-state index in [0.717, 1.165) is 11.1 Å². The zero-order valence-corrected chi connectivity index (χ0v) is 20.4. The van der Waals surface area contributed by atoms with Crippen molar-refractivity contribution in [1.29, 1.82) is 0 Å². The first-order valence-corrected chi connectivity index (χ1v) is 12.6. The van der Waals surface area contributed by atoms with E-state index in [1.54, 1.807) is 37.3 Å². The highest BCUT2D eigenvalue weighted by Gasteiger charge is 2.38. The maximum absolute atomic E-state index is 13.5. The summed E-state index contributed by atoms with van der Waals surface area (Å²) in [5, 5.41) is 9.74. The predicted molar refractivity (Wildman–Crippen MR) is 128 cm³/mol. The molecule has 33 heavy (non-hydrogen) atoms. The molecule has 1 N–H and O–H groups in total. The van der Waals surface area contributed by atoms with Gasteiger partial charge in [0.1, 0.15) is 22.6 Å². The van der Waals surface area contributed by atoms with Crippen LogP contribution in [0.15, 0.2) is 53.4 Å². The zero-order valence-electron chi connectivity index (χ0n) is 19.6. The summed E-state index contributed by atoms with van der Waals surface area (Å²) >= 11 is 0. The highest BCUT2D eigenvalue weighted by Crippen LogP contribution is 2.34. The molecule has 0 aromatic heterocycles. The number of hydrogen-bond donors (Lipinski definition) is 1. The van der Waals surface area contributed by atoms with Crippen molar-refractivity contribution in [1.82, 2.24) is 9.21 Å². The van der Waals surface area contributed by atoms with Crippen LogP contribution in [-0.2, 0) is 16.6 Å². The van der Waals surface area contributed by atoms with Crippen molar-refractivity contribution in [3.05, 3.63) is 65.5 Å². The summed E-state index contributed by atoms with van der Waals surface area (Å²) < 4.78 is 47.9. The molecule has 6 nitrogen and oxygen atoms in total. The Morgan fingerprint density at radius 3 is 2.61 bits per heavy atom. The van der Waals surface area contributed by atoms with Crippen molar-refractivity contribution in [2.45, 2.75) is 44.4 Å². The molecule has 2 aromatic carbocycles. The Labute approximate surface area is 196 Å². The monoisotopic (exact) mass is 476 g/mol. The third-order valence-corrected chi connectivity index (χ3v) is 7.93. The van der Waals surface area contributed by atoms with Gasteiger partial charge in [-0.25, -0.2) is 12.8 Å². The molecule has 0 spiro atoms. The Hall–Kier alpha value is -2.26. The molecule has 3 atom stereocenters. The molecular weight excluding hydrogens is 443 g/mol. The summed E-state index contributed by atoms with van der Waals surface area (Å²) in [6.07, 6.45) is 3.48. The van der Waals surface area contributed by atoms with Gasteiger partial charge in [-0.15, -0.1) is 0 Å². The molecule has 0 unspecified atom stereocenters. The Kier molecular flexibility index (Phi) is 8.28. The molecule has 1 aliphatic rings. The number of aliphatic hydroxyl groups excluding tert-OH is 1. The van der Waals surface area contributed by atoms with Gasteiger partial charge in [-0.1, -0.05) is 37.3 Å². The quantitative estimate of drug-likeness (QED) is 0.659. The van der Waals surface area contributed by atoms with E-state index in [1.165, 1.54) is 16.4 Å². The molecule has 1 heterocycles. The van der Waals surface area contributed by atoms with Crippen molar-refractivity contribution in [3.63, 3.8) is 0 Å². The van der Waals surface area contributed by atoms with Crippen LogP contribution in [0.1, 0.15) is 31.9 Å². The molecule has 0 fully saturated rings. The third kappa shape index (κ3) is 6.00. The fraction of sp³-hybridized carbons (Fsp3) is 0.440. The lowest BCUT2D eigenvalue weighted by atomic mass is 10.0. The number of aliphatic hydroxyl groups is 1. The molecule has 0 saturated heterocycles. The number of halogens is 1. The number of ether oxygens (including phenoxy) is 1. The highest BCUT2D eigenvalue weighted by molar-refractivity contribution is 7.89. The number of allylic oxidation sites excluding steroid dienone is 1. The summed E-state index contributed by atoms with van der Waals surface area (Å²) in [5.41, 5.74) is 1.83. The minimum Gasteiger partial charge on any atom is -0.487 e. The van der Waals surface area contributed by atoms with Crippen LogP contribution < -0.4 is 4.74 Å². The van der Waals surface area contributed by atoms with Gasteiger partial charge in [0, 0.05) is 31.6 Å². The van der Waals surface area contributed by atoms with E-state index >= 15 is 0 Å². The summed E-state index contributed by atoms with van der Waals surface area (Å²) in [4.78, 5) is 2.19. The molecular formula is C25H33FN2O4S. The number of sulfonamides is 1. The van der Waals surface area contributed by atoms with Gasteiger partial charge in [0.25, 0.3) is 0 Å². The van der Waals surface area contributed by atoms with Crippen LogP contribution >= 0.6 is 0 Å². The van der Waals surface area contributed by atoms with Crippen LogP contribution in [0.5, 0.6) is 5.75 Å². The van der Waals surface area contributed by atoms with Gasteiger partial charge in [0.15, 0.2) is 0 Å². The van der Waals surface area contributed by atoms with Crippen molar-refractivity contribution in [2.24, 2.45) is 5.92 Å². The lowest BCUT2D eigenvalue weighted by molar-refractivity contribution is 0.0733. The minimum absolute atomic E-state index is 0.106. The van der Waals surface area contributed by atoms with Crippen LogP contribution in [0.2, 0.25) is 0 Å². The number of nitrogens with zero attached hydrogens (tertiary/aromatic N) is 2. The second kappa shape index (κ2) is 10.8. The van der Waals surface area contributed by atoms with Gasteiger partial charge >= 0.3 is 0 Å². The van der Waals surface area contributed by atoms with E-state index in [1.807, 2.05) is 33.0 Å². The SMILES string of the molecule is C/C=C/c1ccc2c(c1)O[C@@H](CN(C)Cc1ccc(F)cc1)[C@@H](C)CN([C@H](C)CO)S2(=O)=O. The molecule has 0 bridgehead atoms. The second-order valence-electron chi connectivity index (χ2n) is 8.77. The molecule has 8 heteroatoms. The summed E-state index contributed by atoms with van der Waals surface area (Å²) in [7, 11) is -1.89. The second-order valence-corrected chi connectivity index (χ2v) is 10.6. The molecule has 0 saturated carbocycles. The lowest BCUT2D eigenvalue weighted by Gasteiger charge is -2.37. The standard InChI is InChI=1S/C25H33FN2O4S/c1-5-6-20-9-12-25-23(13-20)32-24(16-27(4)15-21-7-10-22(26)11-8-21)18(2)14-28(19(3)17-29)33(25,30)31/h5-13,18-19,24,29H,14-17H2,1-4H3/b6-5+/t18-,19+,24-/m0/s1. The van der Waals surface area contributed by atoms with Crippen molar-refractivity contribution >= 4 is 16.1 Å². The fourth-order valence-corrected chi connectivity index (χ4v) is 5.86. The largest absolute Gasteiger partial charge is 0.487 e. The number of fused-ring (bicyclic) bond motifs is 1. The maximum Gasteiger partial charge on any atom is 0.247 e. The average molecular weight is 477 g/mol. The Bertz CT molecular complexity index is 1070. The van der Waals surface area contributed by atoms with Crippen molar-refractivity contribution in [2.75, 3.05) is 26.7 Å². The third-order valence-electron chi connectivity index (χ3n) is 5.91. The Morgan fingerprint density at radius 1 is 1.27 bits per heavy atom. The number of likely N-dealkylation sites (N-methyl/N-ethyl adjacent to an activating group) is 1. The normalized spacial score (nSPS) is 21.9. The van der Waals surface area contributed by atoms with Crippen molar-refractivity contribution in [3.8, 4) is 5.75 Å². The van der Waals surface area contributed by atoms with E-state index in [9.17, 15) is 17.9 Å². The van der Waals surface area contributed by atoms with Crippen LogP contribution in [0, 0.1) is 11.7 Å². The van der Waals surface area contributed by atoms with E-state index in [2.05, 4.69) is 4.90 Å². The predicted octanol–water partition coefficient (Wildman–Crippen LogP) is 3.76. The van der Waals surface area contributed by atoms with E-state index in [0.29, 0.717) is 18.8 Å². The van der Waals surface area contributed by atoms with Gasteiger partial charge < -0.3 is 9.84 Å². The first-order chi connectivity index (χ1) is 15.6. The highest BCUT2D eigenvalue weighted by atomic mass is 32.2. The summed E-state index contributed by atoms with van der Waals surface area (Å²) in [6, 6.07) is 10.9. The number of hydrogen-bond acceptors (Lipinski definition) is 5. The van der Waals surface area contributed by atoms with Crippen LogP contribution in [0.25, 0.3) is 6.08 Å². The van der Waals surface area contributed by atoms with E-state index < -0.39 is 16.1 Å². The fourth-order valence-electron chi connectivity index (χ4n) is 4.03. The van der Waals surface area contributed by atoms with Gasteiger partial charge in [0.2, 0.25) is 10.0 Å². The molecule has 0 amide bonds. The number of benzene rings is 2. The summed E-state index contributed by atoms with van der Waals surface area (Å²) in [6.45, 7) is 6.68. The van der Waals surface area contributed by atoms with E-state index in [4.69, 9.17) is 4.74 Å². The average Bonchev–Trinajstić information content (AvgIpc) is 2.77. The zero-order chi connectivity index (χ0) is 24.2. The Balaban J connectivity index is 1.95. The van der Waals surface area contributed by atoms with Crippen LogP contribution in [0.4, 0.5) is 4.39 Å². The molecule has 0 radical (unpaired) electrons. The summed E-state index contributed by atoms with van der Waals surface area (Å²) in [5.74, 6) is -0.0957. The van der Waals surface area contributed by atoms with Crippen molar-refractivity contribution < 1.29 is 22.7 Å². The maximum atomic E-state index is 13.5. The molecule has 1 aliphatic heterocycles. The van der Waals surface area contributed by atoms with Crippen LogP contribution in [-0.4, -0.2) is 61.6 Å². The van der Waals surface area contributed by atoms with Gasteiger partial charge in [0.05, 0.1) is 6.61 Å². The molecule has 0 aliphatic carbocycles. The Morgan fingerprint density at radius 2 is 1.97 bits per heavy atom. The molecule has 3 rings (SSSR count). The molecule has 2 aromatic rings. The number of rotatable bonds is 7. The minimum atomic E-state index is -3.85. The lowest BCUT2D eigenvalue weighted by Crippen LogP contribution is -2.49. The van der Waals surface area contributed by atoms with E-state index in [-0.39, 0.29) is 35.9 Å². The van der Waals surface area contributed by atoms with Crippen LogP contribution in [0.3, 0.4) is 0 Å². The first kappa shape index (κ1) is 25.4. The smallest absolute Gasteiger partial charge is 0.247 e. The van der Waals surface area contributed by atoms with Gasteiger partial charge in [-0.05, 0) is 56.3 Å². The van der Waals surface area contributed by atoms with Gasteiger partial charge in [-0.3, -0.25) is 4.90 Å².